The van der Waals surface area contributed by atoms with Gasteiger partial charge in [0.15, 0.2) is 12.3 Å². The molecule has 4 amide bonds. The molecule has 11 nitrogen and oxygen atoms in total. The number of nitrogens with zero attached hydrogens (tertiary/aromatic N) is 3. The van der Waals surface area contributed by atoms with Crippen molar-refractivity contribution in [2.75, 3.05) is 19.7 Å². The van der Waals surface area contributed by atoms with E-state index in [1.54, 1.807) is 31.2 Å². The molecular formula is C35H48N4O7. The van der Waals surface area contributed by atoms with E-state index in [4.69, 9.17) is 9.57 Å². The van der Waals surface area contributed by atoms with Gasteiger partial charge in [-0.25, -0.2) is 4.79 Å². The molecule has 2 unspecified atom stereocenters. The lowest BCUT2D eigenvalue weighted by atomic mass is 9.99. The number of hydroxylamine groups is 2. The molecule has 4 rings (SSSR count). The van der Waals surface area contributed by atoms with Crippen molar-refractivity contribution in [1.29, 1.82) is 0 Å². The van der Waals surface area contributed by atoms with Gasteiger partial charge in [0, 0.05) is 19.4 Å². The van der Waals surface area contributed by atoms with E-state index in [0.717, 1.165) is 41.9 Å². The third-order valence-electron chi connectivity index (χ3n) is 8.54. The third-order valence-corrected chi connectivity index (χ3v) is 8.54. The molecule has 46 heavy (non-hydrogen) atoms. The first-order valence-corrected chi connectivity index (χ1v) is 16.5. The van der Waals surface area contributed by atoms with Crippen LogP contribution in [0.25, 0.3) is 0 Å². The molecular weight excluding hydrogens is 588 g/mol. The number of piperazine rings is 1. The summed E-state index contributed by atoms with van der Waals surface area (Å²) < 4.78 is 5.63. The maximum absolute atomic E-state index is 13.9. The fourth-order valence-electron chi connectivity index (χ4n) is 5.96. The minimum atomic E-state index is -1.05. The van der Waals surface area contributed by atoms with Crippen LogP contribution in [-0.2, 0) is 36.8 Å². The Morgan fingerprint density at radius 2 is 1.72 bits per heavy atom. The Balaban J connectivity index is 1.56. The highest BCUT2D eigenvalue weighted by Gasteiger charge is 2.53. The Morgan fingerprint density at radius 1 is 1.00 bits per heavy atom. The van der Waals surface area contributed by atoms with Crippen molar-refractivity contribution in [2.24, 2.45) is 5.92 Å². The van der Waals surface area contributed by atoms with Gasteiger partial charge >= 0.3 is 6.09 Å². The Labute approximate surface area is 271 Å². The lowest BCUT2D eigenvalue weighted by Crippen LogP contribution is -2.74. The van der Waals surface area contributed by atoms with Crippen molar-refractivity contribution in [2.45, 2.75) is 97.0 Å². The second kappa shape index (κ2) is 16.4. The largest absolute Gasteiger partial charge is 0.508 e. The minimum absolute atomic E-state index is 0.0313. The molecule has 0 saturated carbocycles. The number of carbonyl (C=O) groups excluding carboxylic acids is 4. The van der Waals surface area contributed by atoms with Gasteiger partial charge in [-0.15, -0.1) is 0 Å². The van der Waals surface area contributed by atoms with Crippen molar-refractivity contribution in [3.8, 4) is 5.75 Å². The summed E-state index contributed by atoms with van der Waals surface area (Å²) in [5, 5.41) is 13.6. The van der Waals surface area contributed by atoms with E-state index in [2.05, 4.69) is 19.2 Å². The van der Waals surface area contributed by atoms with Gasteiger partial charge in [-0.05, 0) is 55.4 Å². The van der Waals surface area contributed by atoms with E-state index in [1.807, 2.05) is 37.3 Å². The topological polar surface area (TPSA) is 129 Å². The maximum Gasteiger partial charge on any atom is 0.436 e. The normalized spacial score (nSPS) is 20.5. The SMILES string of the molecule is CCCCC(C(=O)NCCCC(C)C)N1CC2N(C(=O)OCCc3ccc(O)cc3)O[C@H](Cc3ccccc3)C(=O)N2[C@@H](C)C1=O. The summed E-state index contributed by atoms with van der Waals surface area (Å²) in [7, 11) is 0. The van der Waals surface area contributed by atoms with Crippen LogP contribution in [0.4, 0.5) is 4.79 Å². The zero-order chi connectivity index (χ0) is 33.2. The lowest BCUT2D eigenvalue weighted by Gasteiger charge is -2.52. The van der Waals surface area contributed by atoms with Crippen LogP contribution >= 0.6 is 0 Å². The quantitative estimate of drug-likeness (QED) is 0.294. The van der Waals surface area contributed by atoms with E-state index in [0.29, 0.717) is 25.3 Å². The molecule has 2 aromatic rings. The van der Waals surface area contributed by atoms with Crippen LogP contribution in [0.1, 0.15) is 70.9 Å². The number of phenols is 1. The summed E-state index contributed by atoms with van der Waals surface area (Å²) in [5.74, 6) is -0.317. The van der Waals surface area contributed by atoms with E-state index in [9.17, 15) is 24.3 Å². The van der Waals surface area contributed by atoms with Crippen LogP contribution < -0.4 is 5.32 Å². The van der Waals surface area contributed by atoms with Crippen molar-refractivity contribution >= 4 is 23.8 Å². The molecule has 2 fully saturated rings. The van der Waals surface area contributed by atoms with Gasteiger partial charge in [-0.3, -0.25) is 19.2 Å². The number of hydrogen-bond acceptors (Lipinski definition) is 7. The number of carbonyl (C=O) groups is 4. The second-order valence-electron chi connectivity index (χ2n) is 12.5. The fourth-order valence-corrected chi connectivity index (χ4v) is 5.96. The first-order valence-electron chi connectivity index (χ1n) is 16.5. The summed E-state index contributed by atoms with van der Waals surface area (Å²) >= 11 is 0. The summed E-state index contributed by atoms with van der Waals surface area (Å²) in [6.45, 7) is 8.37. The van der Waals surface area contributed by atoms with Gasteiger partial charge < -0.3 is 25.0 Å². The van der Waals surface area contributed by atoms with E-state index < -0.39 is 36.4 Å². The number of hydrogen-bond donors (Lipinski definition) is 2. The van der Waals surface area contributed by atoms with Gasteiger partial charge in [0.1, 0.15) is 17.8 Å². The summed E-state index contributed by atoms with van der Waals surface area (Å²) in [6, 6.07) is 14.3. The first-order chi connectivity index (χ1) is 22.1. The van der Waals surface area contributed by atoms with Crippen LogP contribution in [0.2, 0.25) is 0 Å². The minimum Gasteiger partial charge on any atom is -0.508 e. The standard InChI is InChI=1S/C35H48N4O7/c1-5-6-14-29(32(41)36-20-10-11-24(2)3)37-23-31-38(25(4)33(37)42)34(43)30(22-27-12-8-7-9-13-27)46-39(31)35(44)45-21-19-26-15-17-28(40)18-16-26/h7-9,12-13,15-18,24-25,29-31,40H,5-6,10-11,14,19-23H2,1-4H3,(H,36,41)/t25-,29?,30+,31?/m0/s1. The van der Waals surface area contributed by atoms with Gasteiger partial charge in [0.2, 0.25) is 11.8 Å². The molecule has 2 aromatic carbocycles. The molecule has 0 aliphatic carbocycles. The molecule has 2 saturated heterocycles. The molecule has 0 bridgehead atoms. The molecule has 11 heteroatoms. The van der Waals surface area contributed by atoms with Gasteiger partial charge in [0.25, 0.3) is 5.91 Å². The highest BCUT2D eigenvalue weighted by Crippen LogP contribution is 2.31. The Morgan fingerprint density at radius 3 is 2.39 bits per heavy atom. The zero-order valence-corrected chi connectivity index (χ0v) is 27.4. The summed E-state index contributed by atoms with van der Waals surface area (Å²) in [6.07, 6.45) is 1.62. The highest BCUT2D eigenvalue weighted by atomic mass is 16.7. The average molecular weight is 637 g/mol. The molecule has 2 N–H and O–H groups in total. The molecule has 2 heterocycles. The van der Waals surface area contributed by atoms with Gasteiger partial charge in [-0.1, -0.05) is 76.1 Å². The zero-order valence-electron chi connectivity index (χ0n) is 27.4. The number of fused-ring (bicyclic) bond motifs is 1. The molecule has 0 radical (unpaired) electrons. The number of nitrogens with one attached hydrogen (secondary N) is 1. The highest BCUT2D eigenvalue weighted by molar-refractivity contribution is 5.94. The van der Waals surface area contributed by atoms with Crippen LogP contribution in [-0.4, -0.2) is 87.8 Å². The van der Waals surface area contributed by atoms with E-state index >= 15 is 0 Å². The number of rotatable bonds is 14. The number of benzene rings is 2. The second-order valence-corrected chi connectivity index (χ2v) is 12.5. The van der Waals surface area contributed by atoms with Crippen LogP contribution in [0, 0.1) is 5.92 Å². The summed E-state index contributed by atoms with van der Waals surface area (Å²) in [5.41, 5.74) is 1.71. The molecule has 4 atom stereocenters. The molecule has 2 aliphatic rings. The number of aromatic hydroxyl groups is 1. The number of ether oxygens (including phenoxy) is 1. The van der Waals surface area contributed by atoms with Crippen LogP contribution in [0.15, 0.2) is 54.6 Å². The molecule has 250 valence electrons. The van der Waals surface area contributed by atoms with E-state index in [-0.39, 0.29) is 37.1 Å². The Kier molecular flexibility index (Phi) is 12.4. The fraction of sp³-hybridized carbons (Fsp3) is 0.543. The van der Waals surface area contributed by atoms with Crippen molar-refractivity contribution in [3.63, 3.8) is 0 Å². The van der Waals surface area contributed by atoms with Crippen molar-refractivity contribution in [1.82, 2.24) is 20.2 Å². The monoisotopic (exact) mass is 636 g/mol. The predicted octanol–water partition coefficient (Wildman–Crippen LogP) is 4.43. The lowest BCUT2D eigenvalue weighted by molar-refractivity contribution is -0.266. The molecule has 0 spiro atoms. The predicted molar refractivity (Wildman–Crippen MR) is 172 cm³/mol. The van der Waals surface area contributed by atoms with Crippen molar-refractivity contribution < 1.29 is 33.9 Å². The smallest absolute Gasteiger partial charge is 0.436 e. The Hall–Kier alpha value is -4.12. The number of phenolic OH excluding ortho intramolecular Hbond substituents is 1. The van der Waals surface area contributed by atoms with E-state index in [1.165, 1.54) is 9.80 Å². The molecule has 0 aromatic heterocycles. The maximum atomic E-state index is 13.9. The van der Waals surface area contributed by atoms with Gasteiger partial charge in [-0.2, -0.15) is 5.06 Å². The van der Waals surface area contributed by atoms with Crippen LogP contribution in [0.5, 0.6) is 5.75 Å². The third kappa shape index (κ3) is 8.78. The number of unbranched alkanes of at least 4 members (excludes halogenated alkanes) is 1. The Bertz CT molecular complexity index is 1320. The van der Waals surface area contributed by atoms with Gasteiger partial charge in [0.05, 0.1) is 13.2 Å². The van der Waals surface area contributed by atoms with Crippen molar-refractivity contribution in [3.05, 3.63) is 65.7 Å². The number of amides is 4. The van der Waals surface area contributed by atoms with Crippen LogP contribution in [0.3, 0.4) is 0 Å². The average Bonchev–Trinajstić information content (AvgIpc) is 3.04. The molecule has 2 aliphatic heterocycles. The summed E-state index contributed by atoms with van der Waals surface area (Å²) in [4.78, 5) is 63.9. The first kappa shape index (κ1) is 34.7.